The van der Waals surface area contributed by atoms with Crippen molar-refractivity contribution < 1.29 is 8.42 Å². The molecule has 1 heterocycles. The molecule has 0 amide bonds. The number of sulfone groups is 1. The summed E-state index contributed by atoms with van der Waals surface area (Å²) in [7, 11) is -2.87. The Morgan fingerprint density at radius 2 is 1.86 bits per heavy atom. The molecule has 21 heavy (non-hydrogen) atoms. The highest BCUT2D eigenvalue weighted by molar-refractivity contribution is 7.91. The van der Waals surface area contributed by atoms with E-state index in [2.05, 4.69) is 17.1 Å². The first-order chi connectivity index (χ1) is 10.0. The summed E-state index contributed by atoms with van der Waals surface area (Å²) in [5.74, 6) is 0.661. The Hall–Kier alpha value is -0.130. The molecule has 5 heteroatoms. The number of hydrogen-bond donors (Lipinski definition) is 1. The van der Waals surface area contributed by atoms with Crippen molar-refractivity contribution in [2.45, 2.75) is 70.4 Å². The predicted molar refractivity (Wildman–Crippen MR) is 88.4 cm³/mol. The third kappa shape index (κ3) is 4.67. The third-order valence-electron chi connectivity index (χ3n) is 5.22. The van der Waals surface area contributed by atoms with Crippen molar-refractivity contribution in [1.29, 1.82) is 0 Å². The number of piperazine rings is 1. The van der Waals surface area contributed by atoms with E-state index in [4.69, 9.17) is 0 Å². The maximum Gasteiger partial charge on any atom is 0.151 e. The molecule has 0 aromatic carbocycles. The van der Waals surface area contributed by atoms with E-state index in [1.165, 1.54) is 32.1 Å². The maximum atomic E-state index is 12.0. The van der Waals surface area contributed by atoms with Crippen LogP contribution in [-0.4, -0.2) is 56.0 Å². The lowest BCUT2D eigenvalue weighted by Crippen LogP contribution is -2.65. The highest BCUT2D eigenvalue weighted by atomic mass is 32.2. The van der Waals surface area contributed by atoms with Crippen LogP contribution in [0.2, 0.25) is 0 Å². The van der Waals surface area contributed by atoms with Gasteiger partial charge in [0.1, 0.15) is 0 Å². The largest absolute Gasteiger partial charge is 0.308 e. The Balaban J connectivity index is 1.96. The van der Waals surface area contributed by atoms with E-state index in [0.29, 0.717) is 24.1 Å². The third-order valence-corrected chi connectivity index (χ3v) is 7.06. The number of rotatable bonds is 6. The molecule has 1 N–H and O–H groups in total. The van der Waals surface area contributed by atoms with Gasteiger partial charge in [-0.05, 0) is 25.7 Å². The van der Waals surface area contributed by atoms with Gasteiger partial charge in [-0.2, -0.15) is 0 Å². The minimum absolute atomic E-state index is 0.262. The van der Waals surface area contributed by atoms with Gasteiger partial charge in [-0.1, -0.05) is 33.1 Å². The predicted octanol–water partition coefficient (Wildman–Crippen LogP) is 2.20. The van der Waals surface area contributed by atoms with Gasteiger partial charge in [0, 0.05) is 37.0 Å². The fourth-order valence-electron chi connectivity index (χ4n) is 3.93. The molecule has 0 bridgehead atoms. The lowest BCUT2D eigenvalue weighted by molar-refractivity contribution is 0.0587. The molecule has 0 aromatic heterocycles. The average Bonchev–Trinajstić information content (AvgIpc) is 2.46. The van der Waals surface area contributed by atoms with Crippen molar-refractivity contribution in [2.24, 2.45) is 0 Å². The first-order valence-electron chi connectivity index (χ1n) is 8.70. The first-order valence-corrected chi connectivity index (χ1v) is 10.5. The fourth-order valence-corrected chi connectivity index (χ4v) is 5.27. The molecule has 0 radical (unpaired) electrons. The van der Waals surface area contributed by atoms with E-state index in [1.54, 1.807) is 0 Å². The topological polar surface area (TPSA) is 49.4 Å². The zero-order chi connectivity index (χ0) is 15.3. The van der Waals surface area contributed by atoms with Crippen LogP contribution in [0.3, 0.4) is 0 Å². The molecular formula is C16H32N2O2S. The van der Waals surface area contributed by atoms with E-state index in [9.17, 15) is 8.42 Å². The summed E-state index contributed by atoms with van der Waals surface area (Å²) in [6, 6.07) is 0.495. The quantitative estimate of drug-likeness (QED) is 0.816. The lowest BCUT2D eigenvalue weighted by Gasteiger charge is -2.49. The van der Waals surface area contributed by atoms with Crippen LogP contribution in [0.1, 0.15) is 58.8 Å². The van der Waals surface area contributed by atoms with Crippen LogP contribution in [0.15, 0.2) is 0 Å². The molecule has 2 aliphatic rings. The summed E-state index contributed by atoms with van der Waals surface area (Å²) in [6.45, 7) is 6.91. The van der Waals surface area contributed by atoms with Gasteiger partial charge in [0.15, 0.2) is 9.84 Å². The van der Waals surface area contributed by atoms with Crippen molar-refractivity contribution in [3.8, 4) is 0 Å². The van der Waals surface area contributed by atoms with Gasteiger partial charge in [-0.3, -0.25) is 4.90 Å². The molecule has 1 saturated heterocycles. The average molecular weight is 317 g/mol. The van der Waals surface area contributed by atoms with Crippen molar-refractivity contribution >= 4 is 9.84 Å². The van der Waals surface area contributed by atoms with Crippen LogP contribution in [0, 0.1) is 0 Å². The Labute approximate surface area is 130 Å². The molecule has 124 valence electrons. The molecule has 1 aliphatic heterocycles. The van der Waals surface area contributed by atoms with Crippen molar-refractivity contribution in [3.63, 3.8) is 0 Å². The Kier molecular flexibility index (Phi) is 6.09. The second kappa shape index (κ2) is 7.42. The van der Waals surface area contributed by atoms with Gasteiger partial charge in [0.2, 0.25) is 0 Å². The summed E-state index contributed by atoms with van der Waals surface area (Å²) in [6.07, 6.45) is 8.30. The van der Waals surface area contributed by atoms with Crippen LogP contribution in [0.25, 0.3) is 0 Å². The lowest BCUT2D eigenvalue weighted by atomic mass is 9.79. The van der Waals surface area contributed by atoms with Crippen LogP contribution >= 0.6 is 0 Å². The molecule has 2 rings (SSSR count). The maximum absolute atomic E-state index is 12.0. The van der Waals surface area contributed by atoms with Crippen LogP contribution < -0.4 is 5.32 Å². The van der Waals surface area contributed by atoms with Gasteiger partial charge >= 0.3 is 0 Å². The standard InChI is InChI=1S/C16H32N2O2S/c1-3-11-21(19,20)12-10-18-14-16(8-6-5-7-9-16)17-13-15(18)4-2/h15,17H,3-14H2,1-2H3. The summed E-state index contributed by atoms with van der Waals surface area (Å²) >= 11 is 0. The number of nitrogens with zero attached hydrogens (tertiary/aromatic N) is 1. The van der Waals surface area contributed by atoms with Crippen LogP contribution in [0.4, 0.5) is 0 Å². The summed E-state index contributed by atoms with van der Waals surface area (Å²) < 4.78 is 24.0. The molecule has 1 aliphatic carbocycles. The molecule has 1 spiro atoms. The minimum Gasteiger partial charge on any atom is -0.308 e. The van der Waals surface area contributed by atoms with E-state index in [1.807, 2.05) is 6.92 Å². The Bertz CT molecular complexity index is 416. The van der Waals surface area contributed by atoms with Gasteiger partial charge in [0.05, 0.1) is 5.75 Å². The molecule has 0 aromatic rings. The van der Waals surface area contributed by atoms with Gasteiger partial charge < -0.3 is 5.32 Å². The summed E-state index contributed by atoms with van der Waals surface area (Å²) in [5, 5.41) is 3.80. The van der Waals surface area contributed by atoms with Crippen molar-refractivity contribution in [3.05, 3.63) is 0 Å². The smallest absolute Gasteiger partial charge is 0.151 e. The van der Waals surface area contributed by atoms with Crippen molar-refractivity contribution in [1.82, 2.24) is 10.2 Å². The summed E-state index contributed by atoms with van der Waals surface area (Å²) in [4.78, 5) is 2.45. The van der Waals surface area contributed by atoms with Crippen molar-refractivity contribution in [2.75, 3.05) is 31.1 Å². The van der Waals surface area contributed by atoms with E-state index < -0.39 is 9.84 Å². The highest BCUT2D eigenvalue weighted by Gasteiger charge is 2.39. The second-order valence-electron chi connectivity index (χ2n) is 6.91. The van der Waals surface area contributed by atoms with Gasteiger partial charge in [-0.25, -0.2) is 8.42 Å². The number of hydrogen-bond acceptors (Lipinski definition) is 4. The van der Waals surface area contributed by atoms with Gasteiger partial charge in [-0.15, -0.1) is 0 Å². The molecule has 2 fully saturated rings. The Morgan fingerprint density at radius 3 is 2.48 bits per heavy atom. The molecule has 1 saturated carbocycles. The highest BCUT2D eigenvalue weighted by Crippen LogP contribution is 2.32. The molecule has 4 nitrogen and oxygen atoms in total. The van der Waals surface area contributed by atoms with E-state index >= 15 is 0 Å². The molecule has 1 atom stereocenters. The van der Waals surface area contributed by atoms with Crippen LogP contribution in [0.5, 0.6) is 0 Å². The molecule has 1 unspecified atom stereocenters. The summed E-state index contributed by atoms with van der Waals surface area (Å²) in [5.41, 5.74) is 0.262. The van der Waals surface area contributed by atoms with E-state index in [-0.39, 0.29) is 5.54 Å². The monoisotopic (exact) mass is 316 g/mol. The zero-order valence-electron chi connectivity index (χ0n) is 13.7. The second-order valence-corrected chi connectivity index (χ2v) is 9.21. The van der Waals surface area contributed by atoms with Gasteiger partial charge in [0.25, 0.3) is 0 Å². The Morgan fingerprint density at radius 1 is 1.14 bits per heavy atom. The first kappa shape index (κ1) is 17.2. The van der Waals surface area contributed by atoms with E-state index in [0.717, 1.165) is 25.9 Å². The van der Waals surface area contributed by atoms with Crippen LogP contribution in [-0.2, 0) is 9.84 Å². The fraction of sp³-hybridized carbons (Fsp3) is 1.00. The number of nitrogens with one attached hydrogen (secondary N) is 1. The zero-order valence-corrected chi connectivity index (χ0v) is 14.6. The SMILES string of the molecule is CCCS(=O)(=O)CCN1CC2(CCCCC2)NCC1CC. The normalized spacial score (nSPS) is 27.0. The minimum atomic E-state index is -2.87. The molecular weight excluding hydrogens is 284 g/mol.